The number of rotatable bonds is 6. The zero-order valence-electron chi connectivity index (χ0n) is 11.6. The van der Waals surface area contributed by atoms with Crippen molar-refractivity contribution in [2.24, 2.45) is 0 Å². The number of nitrogens with one attached hydrogen (secondary N) is 1. The molecule has 18 heavy (non-hydrogen) atoms. The van der Waals surface area contributed by atoms with Gasteiger partial charge in [-0.2, -0.15) is 0 Å². The zero-order chi connectivity index (χ0) is 13.5. The Hall–Kier alpha value is -1.55. The molecule has 0 fully saturated rings. The van der Waals surface area contributed by atoms with Gasteiger partial charge in [-0.05, 0) is 27.0 Å². The Morgan fingerprint density at radius 1 is 1.44 bits per heavy atom. The van der Waals surface area contributed by atoms with Crippen molar-refractivity contribution in [1.29, 1.82) is 0 Å². The SMILES string of the molecule is CCN(C)C(=O)COc1ccc(C)cc1CNC. The third-order valence-electron chi connectivity index (χ3n) is 2.83. The summed E-state index contributed by atoms with van der Waals surface area (Å²) >= 11 is 0. The van der Waals surface area contributed by atoms with Crippen LogP contribution in [0.25, 0.3) is 0 Å². The number of hydrogen-bond donors (Lipinski definition) is 1. The number of carbonyl (C=O) groups is 1. The number of benzene rings is 1. The molecule has 1 aromatic rings. The molecule has 1 N–H and O–H groups in total. The Kier molecular flexibility index (Phi) is 5.65. The van der Waals surface area contributed by atoms with Crippen molar-refractivity contribution in [2.45, 2.75) is 20.4 Å². The maximum Gasteiger partial charge on any atom is 0.260 e. The van der Waals surface area contributed by atoms with Crippen LogP contribution in [0.4, 0.5) is 0 Å². The minimum atomic E-state index is -0.00603. The van der Waals surface area contributed by atoms with Crippen LogP contribution in [0.2, 0.25) is 0 Å². The third-order valence-corrected chi connectivity index (χ3v) is 2.83. The van der Waals surface area contributed by atoms with E-state index >= 15 is 0 Å². The lowest BCUT2D eigenvalue weighted by atomic mass is 10.1. The molecule has 0 saturated heterocycles. The molecule has 1 aromatic carbocycles. The fourth-order valence-electron chi connectivity index (χ4n) is 1.60. The van der Waals surface area contributed by atoms with E-state index in [0.29, 0.717) is 6.54 Å². The summed E-state index contributed by atoms with van der Waals surface area (Å²) in [6.45, 7) is 5.49. The van der Waals surface area contributed by atoms with Gasteiger partial charge < -0.3 is 15.0 Å². The van der Waals surface area contributed by atoms with E-state index in [0.717, 1.165) is 17.9 Å². The molecule has 0 aromatic heterocycles. The van der Waals surface area contributed by atoms with E-state index in [1.807, 2.05) is 33.0 Å². The van der Waals surface area contributed by atoms with Crippen LogP contribution in [-0.2, 0) is 11.3 Å². The van der Waals surface area contributed by atoms with Gasteiger partial charge in [0.05, 0.1) is 0 Å². The van der Waals surface area contributed by atoms with Crippen molar-refractivity contribution in [3.8, 4) is 5.75 Å². The Labute approximate surface area is 109 Å². The molecule has 0 aliphatic rings. The van der Waals surface area contributed by atoms with Crippen LogP contribution in [0, 0.1) is 6.92 Å². The van der Waals surface area contributed by atoms with E-state index in [4.69, 9.17) is 4.74 Å². The molecule has 0 spiro atoms. The highest BCUT2D eigenvalue weighted by molar-refractivity contribution is 5.77. The molecule has 0 heterocycles. The largest absolute Gasteiger partial charge is 0.483 e. The fourth-order valence-corrected chi connectivity index (χ4v) is 1.60. The fraction of sp³-hybridized carbons (Fsp3) is 0.500. The predicted octanol–water partition coefficient (Wildman–Crippen LogP) is 1.57. The summed E-state index contributed by atoms with van der Waals surface area (Å²) in [6, 6.07) is 5.98. The summed E-state index contributed by atoms with van der Waals surface area (Å²) in [5.41, 5.74) is 2.26. The van der Waals surface area contributed by atoms with Crippen molar-refractivity contribution >= 4 is 5.91 Å². The molecule has 0 aliphatic carbocycles. The smallest absolute Gasteiger partial charge is 0.260 e. The van der Waals surface area contributed by atoms with Crippen molar-refractivity contribution in [3.05, 3.63) is 29.3 Å². The lowest BCUT2D eigenvalue weighted by Crippen LogP contribution is -2.31. The summed E-state index contributed by atoms with van der Waals surface area (Å²) in [5.74, 6) is 0.765. The van der Waals surface area contributed by atoms with E-state index in [2.05, 4.69) is 11.4 Å². The topological polar surface area (TPSA) is 41.6 Å². The van der Waals surface area contributed by atoms with E-state index in [1.165, 1.54) is 5.56 Å². The van der Waals surface area contributed by atoms with E-state index < -0.39 is 0 Å². The molecular formula is C14H22N2O2. The van der Waals surface area contributed by atoms with Gasteiger partial charge in [0.2, 0.25) is 0 Å². The van der Waals surface area contributed by atoms with Gasteiger partial charge in [0.25, 0.3) is 5.91 Å². The highest BCUT2D eigenvalue weighted by atomic mass is 16.5. The molecule has 100 valence electrons. The van der Waals surface area contributed by atoms with Crippen LogP contribution in [0.3, 0.4) is 0 Å². The first-order valence-corrected chi connectivity index (χ1v) is 6.19. The summed E-state index contributed by atoms with van der Waals surface area (Å²) in [7, 11) is 3.66. The number of aryl methyl sites for hydroxylation is 1. The number of ether oxygens (including phenoxy) is 1. The van der Waals surface area contributed by atoms with Crippen LogP contribution in [0.1, 0.15) is 18.1 Å². The molecule has 1 rings (SSSR count). The normalized spacial score (nSPS) is 10.2. The van der Waals surface area contributed by atoms with E-state index in [-0.39, 0.29) is 12.5 Å². The summed E-state index contributed by atoms with van der Waals surface area (Å²) in [5, 5.41) is 3.10. The first-order valence-electron chi connectivity index (χ1n) is 6.19. The van der Waals surface area contributed by atoms with Crippen molar-refractivity contribution in [3.63, 3.8) is 0 Å². The standard InChI is InChI=1S/C14H22N2O2/c1-5-16(4)14(17)10-18-13-7-6-11(2)8-12(13)9-15-3/h6-8,15H,5,9-10H2,1-4H3. The summed E-state index contributed by atoms with van der Waals surface area (Å²) in [6.07, 6.45) is 0. The van der Waals surface area contributed by atoms with Crippen LogP contribution >= 0.6 is 0 Å². The molecule has 0 unspecified atom stereocenters. The molecule has 4 heteroatoms. The average molecular weight is 250 g/mol. The van der Waals surface area contributed by atoms with Gasteiger partial charge in [-0.25, -0.2) is 0 Å². The minimum absolute atomic E-state index is 0.00603. The van der Waals surface area contributed by atoms with Gasteiger partial charge in [0.1, 0.15) is 5.75 Å². The zero-order valence-corrected chi connectivity index (χ0v) is 11.6. The van der Waals surface area contributed by atoms with Crippen molar-refractivity contribution < 1.29 is 9.53 Å². The molecule has 0 radical (unpaired) electrons. The number of carbonyl (C=O) groups excluding carboxylic acids is 1. The monoisotopic (exact) mass is 250 g/mol. The van der Waals surface area contributed by atoms with Gasteiger partial charge in [0, 0.05) is 25.7 Å². The number of nitrogens with zero attached hydrogens (tertiary/aromatic N) is 1. The maximum atomic E-state index is 11.7. The molecule has 0 saturated carbocycles. The van der Waals surface area contributed by atoms with Gasteiger partial charge in [-0.1, -0.05) is 17.7 Å². The number of likely N-dealkylation sites (N-methyl/N-ethyl adjacent to an activating group) is 1. The first kappa shape index (κ1) is 14.5. The van der Waals surface area contributed by atoms with Crippen LogP contribution < -0.4 is 10.1 Å². The number of amides is 1. The minimum Gasteiger partial charge on any atom is -0.483 e. The summed E-state index contributed by atoms with van der Waals surface area (Å²) < 4.78 is 5.60. The molecule has 1 amide bonds. The van der Waals surface area contributed by atoms with Crippen molar-refractivity contribution in [1.82, 2.24) is 10.2 Å². The second kappa shape index (κ2) is 7.01. The Bertz CT molecular complexity index is 405. The molecule has 4 nitrogen and oxygen atoms in total. The number of hydrogen-bond acceptors (Lipinski definition) is 3. The van der Waals surface area contributed by atoms with E-state index in [1.54, 1.807) is 11.9 Å². The average Bonchev–Trinajstić information content (AvgIpc) is 2.37. The Morgan fingerprint density at radius 3 is 2.78 bits per heavy atom. The highest BCUT2D eigenvalue weighted by Crippen LogP contribution is 2.19. The van der Waals surface area contributed by atoms with Crippen LogP contribution in [0.15, 0.2) is 18.2 Å². The molecular weight excluding hydrogens is 228 g/mol. The third kappa shape index (κ3) is 4.04. The van der Waals surface area contributed by atoms with Crippen LogP contribution in [-0.4, -0.2) is 38.1 Å². The van der Waals surface area contributed by atoms with Crippen molar-refractivity contribution in [2.75, 3.05) is 27.2 Å². The van der Waals surface area contributed by atoms with Gasteiger partial charge in [0.15, 0.2) is 6.61 Å². The highest BCUT2D eigenvalue weighted by Gasteiger charge is 2.09. The molecule has 0 aliphatic heterocycles. The molecule has 0 atom stereocenters. The van der Waals surface area contributed by atoms with Gasteiger partial charge in [-0.3, -0.25) is 4.79 Å². The lowest BCUT2D eigenvalue weighted by Gasteiger charge is -2.16. The quantitative estimate of drug-likeness (QED) is 0.833. The first-order chi connectivity index (χ1) is 8.58. The lowest BCUT2D eigenvalue weighted by molar-refractivity contribution is -0.131. The van der Waals surface area contributed by atoms with E-state index in [9.17, 15) is 4.79 Å². The van der Waals surface area contributed by atoms with Gasteiger partial charge in [-0.15, -0.1) is 0 Å². The van der Waals surface area contributed by atoms with Gasteiger partial charge >= 0.3 is 0 Å². The molecule has 0 bridgehead atoms. The predicted molar refractivity (Wildman–Crippen MR) is 72.7 cm³/mol. The van der Waals surface area contributed by atoms with Crippen LogP contribution in [0.5, 0.6) is 5.75 Å². The Morgan fingerprint density at radius 2 is 2.17 bits per heavy atom. The second-order valence-corrected chi connectivity index (χ2v) is 4.34. The Balaban J connectivity index is 2.69. The maximum absolute atomic E-state index is 11.7. The summed E-state index contributed by atoms with van der Waals surface area (Å²) in [4.78, 5) is 13.3. The second-order valence-electron chi connectivity index (χ2n) is 4.34.